The summed E-state index contributed by atoms with van der Waals surface area (Å²) in [6.45, 7) is 3.03. The first-order valence-electron chi connectivity index (χ1n) is 6.05. The molecule has 1 atom stereocenters. The van der Waals surface area contributed by atoms with Crippen molar-refractivity contribution in [2.24, 2.45) is 0 Å². The van der Waals surface area contributed by atoms with Crippen LogP contribution in [0, 0.1) is 0 Å². The number of rotatable bonds is 5. The van der Waals surface area contributed by atoms with E-state index in [1.54, 1.807) is 0 Å². The topological polar surface area (TPSA) is 17.8 Å². The summed E-state index contributed by atoms with van der Waals surface area (Å²) in [5.74, 6) is 0.483. The van der Waals surface area contributed by atoms with E-state index < -0.39 is 0 Å². The Kier molecular flexibility index (Phi) is 5.01. The summed E-state index contributed by atoms with van der Waals surface area (Å²) in [5, 5.41) is 5.28. The van der Waals surface area contributed by atoms with E-state index >= 15 is 0 Å². The molecule has 0 saturated carbocycles. The van der Waals surface area contributed by atoms with Crippen molar-refractivity contribution in [3.8, 4) is 0 Å². The first-order chi connectivity index (χ1) is 8.72. The number of hydrogen-bond donors (Lipinski definition) is 0. The summed E-state index contributed by atoms with van der Waals surface area (Å²) in [4.78, 5) is 0. The fourth-order valence-electron chi connectivity index (χ4n) is 1.99. The molecule has 4 heteroatoms. The predicted molar refractivity (Wildman–Crippen MR) is 82.3 cm³/mol. The Morgan fingerprint density at radius 3 is 2.83 bits per heavy atom. The number of nitrogens with zero attached hydrogens (tertiary/aromatic N) is 2. The van der Waals surface area contributed by atoms with Gasteiger partial charge in [-0.1, -0.05) is 44.0 Å². The highest BCUT2D eigenvalue weighted by Gasteiger charge is 2.12. The second kappa shape index (κ2) is 6.53. The zero-order valence-corrected chi connectivity index (χ0v) is 13.5. The van der Waals surface area contributed by atoms with Gasteiger partial charge in [0.1, 0.15) is 0 Å². The van der Waals surface area contributed by atoms with Gasteiger partial charge in [-0.05, 0) is 42.5 Å². The largest absolute Gasteiger partial charge is 0.273 e. The Labute approximate surface area is 125 Å². The number of halogens is 2. The van der Waals surface area contributed by atoms with Crippen LogP contribution in [0.25, 0.3) is 0 Å². The van der Waals surface area contributed by atoms with Crippen molar-refractivity contribution in [1.82, 2.24) is 9.78 Å². The van der Waals surface area contributed by atoms with Crippen LogP contribution in [-0.4, -0.2) is 15.1 Å². The Morgan fingerprint density at radius 2 is 2.22 bits per heavy atom. The zero-order chi connectivity index (χ0) is 13.0. The molecule has 0 N–H and O–H groups in total. The van der Waals surface area contributed by atoms with Crippen molar-refractivity contribution in [3.63, 3.8) is 0 Å². The first-order valence-corrected chi connectivity index (χ1v) is 7.97. The van der Waals surface area contributed by atoms with E-state index in [9.17, 15) is 0 Å². The molecule has 0 aliphatic carbocycles. The van der Waals surface area contributed by atoms with Crippen LogP contribution in [0.4, 0.5) is 0 Å². The number of benzene rings is 1. The van der Waals surface area contributed by atoms with E-state index in [1.165, 1.54) is 11.1 Å². The van der Waals surface area contributed by atoms with Gasteiger partial charge in [-0.15, -0.1) is 0 Å². The van der Waals surface area contributed by atoms with E-state index in [2.05, 4.69) is 74.3 Å². The van der Waals surface area contributed by atoms with Crippen molar-refractivity contribution in [1.29, 1.82) is 0 Å². The Morgan fingerprint density at radius 1 is 1.39 bits per heavy atom. The number of hydrogen-bond acceptors (Lipinski definition) is 1. The molecule has 2 nitrogen and oxygen atoms in total. The zero-order valence-electron chi connectivity index (χ0n) is 10.3. The van der Waals surface area contributed by atoms with Gasteiger partial charge in [-0.25, -0.2) is 0 Å². The third-order valence-electron chi connectivity index (χ3n) is 3.00. The van der Waals surface area contributed by atoms with E-state index in [-0.39, 0.29) is 0 Å². The van der Waals surface area contributed by atoms with E-state index in [0.29, 0.717) is 5.92 Å². The van der Waals surface area contributed by atoms with Gasteiger partial charge in [0.05, 0.1) is 6.20 Å². The van der Waals surface area contributed by atoms with E-state index in [0.717, 1.165) is 22.8 Å². The lowest BCUT2D eigenvalue weighted by Gasteiger charge is -2.13. The fourth-order valence-corrected chi connectivity index (χ4v) is 3.01. The van der Waals surface area contributed by atoms with Gasteiger partial charge in [-0.3, -0.25) is 4.68 Å². The molecule has 2 aromatic rings. The minimum absolute atomic E-state index is 0.483. The lowest BCUT2D eigenvalue weighted by molar-refractivity contribution is 0.658. The Bertz CT molecular complexity index is 508. The monoisotopic (exact) mass is 370 g/mol. The van der Waals surface area contributed by atoms with Crippen LogP contribution in [-0.2, 0) is 13.0 Å². The molecule has 1 aromatic carbocycles. The third-order valence-corrected chi connectivity index (χ3v) is 4.27. The van der Waals surface area contributed by atoms with Crippen LogP contribution in [0.2, 0.25) is 0 Å². The molecule has 1 unspecified atom stereocenters. The SMILES string of the molecule is CCn1cc(CC(CBr)c2cccc(Br)c2)cn1. The van der Waals surface area contributed by atoms with Gasteiger partial charge in [-0.2, -0.15) is 5.10 Å². The van der Waals surface area contributed by atoms with Crippen molar-refractivity contribution in [2.45, 2.75) is 25.8 Å². The van der Waals surface area contributed by atoms with Gasteiger partial charge in [0.2, 0.25) is 0 Å². The van der Waals surface area contributed by atoms with E-state index in [1.807, 2.05) is 10.9 Å². The minimum Gasteiger partial charge on any atom is -0.273 e. The molecule has 18 heavy (non-hydrogen) atoms. The second-order valence-electron chi connectivity index (χ2n) is 4.31. The molecule has 0 saturated heterocycles. The summed E-state index contributed by atoms with van der Waals surface area (Å²) < 4.78 is 3.11. The lowest BCUT2D eigenvalue weighted by Crippen LogP contribution is -2.04. The van der Waals surface area contributed by atoms with Gasteiger partial charge < -0.3 is 0 Å². The maximum atomic E-state index is 4.33. The summed E-state index contributed by atoms with van der Waals surface area (Å²) >= 11 is 7.14. The highest BCUT2D eigenvalue weighted by atomic mass is 79.9. The molecule has 0 spiro atoms. The van der Waals surface area contributed by atoms with Crippen molar-refractivity contribution >= 4 is 31.9 Å². The molecule has 0 radical (unpaired) electrons. The fraction of sp³-hybridized carbons (Fsp3) is 0.357. The molecule has 1 heterocycles. The molecule has 1 aromatic heterocycles. The smallest absolute Gasteiger partial charge is 0.0521 e. The maximum absolute atomic E-state index is 4.33. The molecule has 0 fully saturated rings. The standard InChI is InChI=1S/C14H16Br2N2/c1-2-18-10-11(9-17-18)6-13(8-15)12-4-3-5-14(16)7-12/h3-5,7,9-10,13H,2,6,8H2,1H3. The van der Waals surface area contributed by atoms with Gasteiger partial charge in [0, 0.05) is 22.5 Å². The number of aryl methyl sites for hydroxylation is 1. The molecule has 96 valence electrons. The molecular formula is C14H16Br2N2. The molecule has 0 amide bonds. The van der Waals surface area contributed by atoms with Gasteiger partial charge in [0.25, 0.3) is 0 Å². The minimum atomic E-state index is 0.483. The lowest BCUT2D eigenvalue weighted by atomic mass is 9.95. The summed E-state index contributed by atoms with van der Waals surface area (Å²) in [5.41, 5.74) is 2.65. The van der Waals surface area contributed by atoms with Crippen LogP contribution in [0.15, 0.2) is 41.1 Å². The molecule has 2 rings (SSSR count). The summed E-state index contributed by atoms with van der Waals surface area (Å²) in [6.07, 6.45) is 5.12. The number of aromatic nitrogens is 2. The summed E-state index contributed by atoms with van der Waals surface area (Å²) in [7, 11) is 0. The van der Waals surface area contributed by atoms with Crippen molar-refractivity contribution in [2.75, 3.05) is 5.33 Å². The van der Waals surface area contributed by atoms with Crippen molar-refractivity contribution in [3.05, 3.63) is 52.3 Å². The predicted octanol–water partition coefficient (Wildman–Crippen LogP) is 4.39. The van der Waals surface area contributed by atoms with E-state index in [4.69, 9.17) is 0 Å². The maximum Gasteiger partial charge on any atom is 0.0521 e. The first kappa shape index (κ1) is 13.8. The third kappa shape index (κ3) is 3.45. The quantitative estimate of drug-likeness (QED) is 0.713. The summed E-state index contributed by atoms with van der Waals surface area (Å²) in [6, 6.07) is 8.52. The highest BCUT2D eigenvalue weighted by molar-refractivity contribution is 9.10. The molecule has 0 bridgehead atoms. The van der Waals surface area contributed by atoms with Crippen LogP contribution >= 0.6 is 31.9 Å². The van der Waals surface area contributed by atoms with Gasteiger partial charge >= 0.3 is 0 Å². The molecule has 0 aliphatic heterocycles. The normalized spacial score (nSPS) is 12.6. The van der Waals surface area contributed by atoms with Crippen LogP contribution in [0.5, 0.6) is 0 Å². The number of alkyl halides is 1. The molecular weight excluding hydrogens is 356 g/mol. The Hall–Kier alpha value is -0.610. The van der Waals surface area contributed by atoms with Gasteiger partial charge in [0.15, 0.2) is 0 Å². The molecule has 0 aliphatic rings. The van der Waals surface area contributed by atoms with Crippen LogP contribution < -0.4 is 0 Å². The van der Waals surface area contributed by atoms with Crippen LogP contribution in [0.1, 0.15) is 24.0 Å². The second-order valence-corrected chi connectivity index (χ2v) is 5.88. The average molecular weight is 372 g/mol. The Balaban J connectivity index is 2.14. The van der Waals surface area contributed by atoms with Crippen LogP contribution in [0.3, 0.4) is 0 Å². The average Bonchev–Trinajstić information content (AvgIpc) is 2.83. The highest BCUT2D eigenvalue weighted by Crippen LogP contribution is 2.25. The van der Waals surface area contributed by atoms with Crippen molar-refractivity contribution < 1.29 is 0 Å².